The number of nitrogens with two attached hydrogens (primary N) is 1. The number of oxime groups is 1. The van der Waals surface area contributed by atoms with E-state index in [1.807, 2.05) is 0 Å². The maximum absolute atomic E-state index is 8.46. The second-order valence-electron chi connectivity index (χ2n) is 3.75. The highest BCUT2D eigenvalue weighted by Gasteiger charge is 2.30. The van der Waals surface area contributed by atoms with Gasteiger partial charge in [-0.15, -0.1) is 0 Å². The largest absolute Gasteiger partial charge is 0.409 e. The number of hydrogen-bond donors (Lipinski definition) is 2. The van der Waals surface area contributed by atoms with Crippen LogP contribution in [0.3, 0.4) is 0 Å². The van der Waals surface area contributed by atoms with Gasteiger partial charge in [0.2, 0.25) is 0 Å². The van der Waals surface area contributed by atoms with E-state index >= 15 is 0 Å². The van der Waals surface area contributed by atoms with Gasteiger partial charge in [-0.05, 0) is 26.3 Å². The van der Waals surface area contributed by atoms with Crippen LogP contribution < -0.4 is 5.73 Å². The van der Waals surface area contributed by atoms with Crippen LogP contribution in [0, 0.1) is 0 Å². The average Bonchev–Trinajstić information content (AvgIpc) is 2.95. The molecular formula is C9H19N3O. The van der Waals surface area contributed by atoms with Crippen LogP contribution in [0.15, 0.2) is 5.16 Å². The van der Waals surface area contributed by atoms with Crippen LogP contribution in [-0.4, -0.2) is 35.1 Å². The summed E-state index contributed by atoms with van der Waals surface area (Å²) in [6, 6.07) is 1.15. The molecule has 76 valence electrons. The van der Waals surface area contributed by atoms with Crippen LogP contribution in [-0.2, 0) is 0 Å². The summed E-state index contributed by atoms with van der Waals surface area (Å²) in [4.78, 5) is 2.35. The molecule has 0 saturated heterocycles. The normalized spacial score (nSPS) is 20.7. The maximum atomic E-state index is 8.46. The molecule has 0 amide bonds. The van der Waals surface area contributed by atoms with Gasteiger partial charge in [0.05, 0.1) is 0 Å². The van der Waals surface area contributed by atoms with Crippen LogP contribution >= 0.6 is 0 Å². The fourth-order valence-electron chi connectivity index (χ4n) is 1.64. The summed E-state index contributed by atoms with van der Waals surface area (Å²) < 4.78 is 0. The standard InChI is InChI=1S/C9H19N3O/c1-3-7(6-9(10)11-13)12(2)8-4-5-8/h7-8,13H,3-6H2,1-2H3,(H2,10,11). The van der Waals surface area contributed by atoms with Crippen molar-refractivity contribution < 1.29 is 5.21 Å². The fourth-order valence-corrected chi connectivity index (χ4v) is 1.64. The van der Waals surface area contributed by atoms with Crippen LogP contribution in [0.4, 0.5) is 0 Å². The number of amidine groups is 1. The molecule has 0 bridgehead atoms. The molecule has 3 N–H and O–H groups in total. The van der Waals surface area contributed by atoms with E-state index in [9.17, 15) is 0 Å². The van der Waals surface area contributed by atoms with E-state index in [1.54, 1.807) is 0 Å². The molecule has 13 heavy (non-hydrogen) atoms. The zero-order valence-electron chi connectivity index (χ0n) is 8.40. The number of nitrogens with zero attached hydrogens (tertiary/aromatic N) is 2. The van der Waals surface area contributed by atoms with Crippen molar-refractivity contribution >= 4 is 5.84 Å². The molecule has 1 fully saturated rings. The monoisotopic (exact) mass is 185 g/mol. The summed E-state index contributed by atoms with van der Waals surface area (Å²) in [6.07, 6.45) is 4.30. The molecule has 0 aromatic rings. The van der Waals surface area contributed by atoms with Crippen molar-refractivity contribution in [2.75, 3.05) is 7.05 Å². The van der Waals surface area contributed by atoms with Gasteiger partial charge in [-0.3, -0.25) is 0 Å². The summed E-state index contributed by atoms with van der Waals surface area (Å²) in [5.41, 5.74) is 5.48. The molecule has 0 aliphatic heterocycles. The minimum absolute atomic E-state index is 0.333. The van der Waals surface area contributed by atoms with Crippen molar-refractivity contribution in [3.63, 3.8) is 0 Å². The summed E-state index contributed by atoms with van der Waals surface area (Å²) in [6.45, 7) is 2.13. The maximum Gasteiger partial charge on any atom is 0.140 e. The van der Waals surface area contributed by atoms with Crippen molar-refractivity contribution in [1.82, 2.24) is 4.90 Å². The van der Waals surface area contributed by atoms with Gasteiger partial charge in [0.1, 0.15) is 5.84 Å². The van der Waals surface area contributed by atoms with E-state index in [0.717, 1.165) is 12.5 Å². The predicted molar refractivity (Wildman–Crippen MR) is 52.9 cm³/mol. The second-order valence-corrected chi connectivity index (χ2v) is 3.75. The molecule has 1 rings (SSSR count). The molecule has 4 nitrogen and oxygen atoms in total. The average molecular weight is 185 g/mol. The summed E-state index contributed by atoms with van der Waals surface area (Å²) in [5.74, 6) is 0.333. The quantitative estimate of drug-likeness (QED) is 0.291. The molecular weight excluding hydrogens is 166 g/mol. The van der Waals surface area contributed by atoms with Crippen LogP contribution in [0.1, 0.15) is 32.6 Å². The van der Waals surface area contributed by atoms with Gasteiger partial charge in [-0.2, -0.15) is 0 Å². The predicted octanol–water partition coefficient (Wildman–Crippen LogP) is 0.996. The Balaban J connectivity index is 2.41. The third kappa shape index (κ3) is 2.88. The molecule has 0 aromatic heterocycles. The van der Waals surface area contributed by atoms with Crippen molar-refractivity contribution in [1.29, 1.82) is 0 Å². The zero-order chi connectivity index (χ0) is 9.84. The molecule has 0 spiro atoms. The van der Waals surface area contributed by atoms with E-state index in [4.69, 9.17) is 10.9 Å². The Kier molecular flexibility index (Phi) is 3.54. The summed E-state index contributed by atoms with van der Waals surface area (Å²) in [7, 11) is 2.12. The lowest BCUT2D eigenvalue weighted by molar-refractivity contribution is 0.228. The van der Waals surface area contributed by atoms with E-state index < -0.39 is 0 Å². The van der Waals surface area contributed by atoms with Crippen molar-refractivity contribution in [3.8, 4) is 0 Å². The second kappa shape index (κ2) is 4.46. The topological polar surface area (TPSA) is 61.9 Å². The third-order valence-corrected chi connectivity index (χ3v) is 2.74. The molecule has 4 heteroatoms. The van der Waals surface area contributed by atoms with E-state index in [0.29, 0.717) is 18.3 Å². The number of hydrogen-bond acceptors (Lipinski definition) is 3. The lowest BCUT2D eigenvalue weighted by Crippen LogP contribution is -2.36. The summed E-state index contributed by atoms with van der Waals surface area (Å²) >= 11 is 0. The van der Waals surface area contributed by atoms with Crippen LogP contribution in [0.25, 0.3) is 0 Å². The minimum Gasteiger partial charge on any atom is -0.409 e. The summed E-state index contributed by atoms with van der Waals surface area (Å²) in [5, 5.41) is 11.5. The minimum atomic E-state index is 0.333. The molecule has 0 radical (unpaired) electrons. The van der Waals surface area contributed by atoms with Gasteiger partial charge < -0.3 is 15.8 Å². The molecule has 0 aromatic carbocycles. The van der Waals surface area contributed by atoms with Crippen molar-refractivity contribution in [2.24, 2.45) is 10.9 Å². The first kappa shape index (κ1) is 10.3. The third-order valence-electron chi connectivity index (χ3n) is 2.74. The smallest absolute Gasteiger partial charge is 0.140 e. The Bertz CT molecular complexity index is 189. The van der Waals surface area contributed by atoms with Gasteiger partial charge in [0, 0.05) is 18.5 Å². The van der Waals surface area contributed by atoms with E-state index in [1.165, 1.54) is 12.8 Å². The first-order valence-electron chi connectivity index (χ1n) is 4.87. The first-order valence-corrected chi connectivity index (χ1v) is 4.87. The molecule has 1 aliphatic carbocycles. The van der Waals surface area contributed by atoms with Gasteiger partial charge in [-0.1, -0.05) is 12.1 Å². The Morgan fingerprint density at radius 1 is 1.69 bits per heavy atom. The number of rotatable bonds is 5. The molecule has 1 unspecified atom stereocenters. The van der Waals surface area contributed by atoms with Gasteiger partial charge >= 0.3 is 0 Å². The molecule has 1 saturated carbocycles. The fraction of sp³-hybridized carbons (Fsp3) is 0.889. The van der Waals surface area contributed by atoms with Gasteiger partial charge in [0.15, 0.2) is 0 Å². The van der Waals surface area contributed by atoms with Crippen LogP contribution in [0.5, 0.6) is 0 Å². The van der Waals surface area contributed by atoms with E-state index in [-0.39, 0.29) is 0 Å². The highest BCUT2D eigenvalue weighted by Crippen LogP contribution is 2.28. The SMILES string of the molecule is CCC(C/C(N)=N/O)N(C)C1CC1. The van der Waals surface area contributed by atoms with Crippen LogP contribution in [0.2, 0.25) is 0 Å². The van der Waals surface area contributed by atoms with E-state index in [2.05, 4.69) is 24.0 Å². The molecule has 1 aliphatic rings. The Hall–Kier alpha value is -0.770. The lowest BCUT2D eigenvalue weighted by Gasteiger charge is -2.26. The Morgan fingerprint density at radius 2 is 2.31 bits per heavy atom. The molecule has 0 heterocycles. The Morgan fingerprint density at radius 3 is 2.69 bits per heavy atom. The zero-order valence-corrected chi connectivity index (χ0v) is 8.40. The highest BCUT2D eigenvalue weighted by molar-refractivity contribution is 5.80. The first-order chi connectivity index (χ1) is 6.19. The Labute approximate surface area is 79.4 Å². The van der Waals surface area contributed by atoms with Gasteiger partial charge in [0.25, 0.3) is 0 Å². The van der Waals surface area contributed by atoms with Gasteiger partial charge in [-0.25, -0.2) is 0 Å². The molecule has 1 atom stereocenters. The highest BCUT2D eigenvalue weighted by atomic mass is 16.4. The lowest BCUT2D eigenvalue weighted by atomic mass is 10.1. The van der Waals surface area contributed by atoms with Crippen molar-refractivity contribution in [3.05, 3.63) is 0 Å². The van der Waals surface area contributed by atoms with Crippen molar-refractivity contribution in [2.45, 2.75) is 44.7 Å².